The van der Waals surface area contributed by atoms with E-state index in [-0.39, 0.29) is 5.56 Å². The molecule has 0 fully saturated rings. The number of carbonyl (C=O) groups is 1. The molecule has 0 saturated heterocycles. The van der Waals surface area contributed by atoms with E-state index in [1.165, 1.54) is 24.3 Å². The summed E-state index contributed by atoms with van der Waals surface area (Å²) in [5.74, 6) is -0.524. The fraction of sp³-hybridized carbons (Fsp3) is 0.278. The molecule has 0 heterocycles. The summed E-state index contributed by atoms with van der Waals surface area (Å²) in [5, 5.41) is 4.86. The maximum Gasteiger partial charge on any atom is 0.407 e. The first-order chi connectivity index (χ1) is 11.4. The molecule has 1 atom stereocenters. The zero-order valence-corrected chi connectivity index (χ0v) is 13.2. The Hall–Kier alpha value is -2.34. The number of halogens is 3. The van der Waals surface area contributed by atoms with E-state index in [2.05, 4.69) is 10.6 Å². The molecule has 6 heteroatoms. The maximum atomic E-state index is 13.2. The van der Waals surface area contributed by atoms with Crippen LogP contribution < -0.4 is 10.6 Å². The largest absolute Gasteiger partial charge is 0.407 e. The van der Waals surface area contributed by atoms with Crippen LogP contribution in [0.1, 0.15) is 24.1 Å². The number of amides is 1. The maximum absolute atomic E-state index is 13.2. The first-order valence-corrected chi connectivity index (χ1v) is 7.64. The van der Waals surface area contributed by atoms with Gasteiger partial charge in [-0.3, -0.25) is 10.1 Å². The number of alkyl halides is 3. The van der Waals surface area contributed by atoms with Crippen molar-refractivity contribution in [3.05, 3.63) is 65.7 Å². The van der Waals surface area contributed by atoms with Crippen LogP contribution in [0.25, 0.3) is 0 Å². The van der Waals surface area contributed by atoms with Gasteiger partial charge in [0.1, 0.15) is 6.04 Å². The number of benzene rings is 2. The topological polar surface area (TPSA) is 41.1 Å². The number of anilines is 1. The highest BCUT2D eigenvalue weighted by molar-refractivity contribution is 5.92. The van der Waals surface area contributed by atoms with E-state index in [0.29, 0.717) is 5.69 Å². The summed E-state index contributed by atoms with van der Waals surface area (Å²) in [6.07, 6.45) is -3.61. The molecule has 0 aliphatic rings. The van der Waals surface area contributed by atoms with Crippen molar-refractivity contribution in [2.45, 2.75) is 25.6 Å². The Morgan fingerprint density at radius 2 is 1.67 bits per heavy atom. The van der Waals surface area contributed by atoms with Gasteiger partial charge in [-0.05, 0) is 29.7 Å². The van der Waals surface area contributed by atoms with Crippen LogP contribution in [0, 0.1) is 0 Å². The lowest BCUT2D eigenvalue weighted by Gasteiger charge is -2.21. The smallest absolute Gasteiger partial charge is 0.325 e. The zero-order valence-electron chi connectivity index (χ0n) is 13.2. The summed E-state index contributed by atoms with van der Waals surface area (Å²) in [7, 11) is 0. The number of aryl methyl sites for hydroxylation is 1. The van der Waals surface area contributed by atoms with E-state index in [4.69, 9.17) is 0 Å². The lowest BCUT2D eigenvalue weighted by atomic mass is 10.1. The third kappa shape index (κ3) is 5.09. The molecule has 2 aromatic rings. The molecule has 0 bridgehead atoms. The number of carbonyl (C=O) groups excluding carboxylic acids is 1. The molecular weight excluding hydrogens is 317 g/mol. The lowest BCUT2D eigenvalue weighted by Crippen LogP contribution is -2.38. The van der Waals surface area contributed by atoms with Gasteiger partial charge in [-0.2, -0.15) is 13.2 Å². The first-order valence-electron chi connectivity index (χ1n) is 7.64. The highest BCUT2D eigenvalue weighted by Crippen LogP contribution is 2.32. The molecule has 0 spiro atoms. The number of nitrogens with one attached hydrogen (secondary N) is 2. The molecule has 128 valence electrons. The molecule has 0 radical (unpaired) electrons. The molecule has 0 saturated carbocycles. The summed E-state index contributed by atoms with van der Waals surface area (Å²) in [6, 6.07) is 12.8. The van der Waals surface area contributed by atoms with E-state index in [9.17, 15) is 18.0 Å². The van der Waals surface area contributed by atoms with Gasteiger partial charge in [0, 0.05) is 5.69 Å². The van der Waals surface area contributed by atoms with Crippen molar-refractivity contribution < 1.29 is 18.0 Å². The minimum atomic E-state index is -4.48. The molecule has 1 amide bonds. The molecule has 0 aromatic heterocycles. The fourth-order valence-electron chi connectivity index (χ4n) is 2.29. The van der Waals surface area contributed by atoms with Crippen molar-refractivity contribution in [2.24, 2.45) is 0 Å². The molecule has 3 nitrogen and oxygen atoms in total. The molecule has 2 N–H and O–H groups in total. The van der Waals surface area contributed by atoms with Crippen LogP contribution in [0.15, 0.2) is 54.6 Å². The summed E-state index contributed by atoms with van der Waals surface area (Å²) in [6.45, 7) is 1.58. The van der Waals surface area contributed by atoms with E-state index in [1.54, 1.807) is 18.2 Å². The number of hydrogen-bond acceptors (Lipinski definition) is 2. The van der Waals surface area contributed by atoms with Crippen molar-refractivity contribution in [3.8, 4) is 0 Å². The second kappa shape index (κ2) is 7.97. The van der Waals surface area contributed by atoms with Crippen molar-refractivity contribution in [3.63, 3.8) is 0 Å². The van der Waals surface area contributed by atoms with Crippen LogP contribution in [0.4, 0.5) is 18.9 Å². The number of rotatable bonds is 6. The lowest BCUT2D eigenvalue weighted by molar-refractivity contribution is -0.158. The second-order valence-corrected chi connectivity index (χ2v) is 5.36. The zero-order chi connectivity index (χ0) is 17.6. The Labute approximate surface area is 138 Å². The van der Waals surface area contributed by atoms with Gasteiger partial charge in [0.05, 0.1) is 6.54 Å². The van der Waals surface area contributed by atoms with E-state index < -0.39 is 24.7 Å². The average molecular weight is 336 g/mol. The van der Waals surface area contributed by atoms with Gasteiger partial charge in [0.2, 0.25) is 5.91 Å². The van der Waals surface area contributed by atoms with Crippen molar-refractivity contribution >= 4 is 11.6 Å². The first kappa shape index (κ1) is 18.0. The third-order valence-electron chi connectivity index (χ3n) is 3.57. The predicted octanol–water partition coefficient (Wildman–Crippen LogP) is 4.08. The molecular formula is C18H19F3N2O. The summed E-state index contributed by atoms with van der Waals surface area (Å²) in [4.78, 5) is 11.9. The van der Waals surface area contributed by atoms with E-state index in [0.717, 1.165) is 12.0 Å². The van der Waals surface area contributed by atoms with Gasteiger partial charge in [-0.15, -0.1) is 0 Å². The number of hydrogen-bond donors (Lipinski definition) is 2. The molecule has 24 heavy (non-hydrogen) atoms. The third-order valence-corrected chi connectivity index (χ3v) is 3.57. The monoisotopic (exact) mass is 336 g/mol. The Balaban J connectivity index is 1.97. The van der Waals surface area contributed by atoms with Crippen molar-refractivity contribution in [1.82, 2.24) is 5.32 Å². The Bertz CT molecular complexity index is 654. The highest BCUT2D eigenvalue weighted by Gasteiger charge is 2.40. The average Bonchev–Trinajstić information content (AvgIpc) is 2.55. The van der Waals surface area contributed by atoms with Gasteiger partial charge >= 0.3 is 6.18 Å². The normalized spacial score (nSPS) is 12.7. The highest BCUT2D eigenvalue weighted by atomic mass is 19.4. The van der Waals surface area contributed by atoms with Crippen LogP contribution >= 0.6 is 0 Å². The van der Waals surface area contributed by atoms with Gasteiger partial charge < -0.3 is 5.32 Å². The molecule has 0 aliphatic heterocycles. The standard InChI is InChI=1S/C18H19F3N2O/c1-2-13-8-10-15(11-9-13)23-16(24)12-22-17(18(19,20)21)14-6-4-3-5-7-14/h3-11,17,22H,2,12H2,1H3,(H,23,24)/t17-/m1/s1. The van der Waals surface area contributed by atoms with Crippen molar-refractivity contribution in [1.29, 1.82) is 0 Å². The summed E-state index contributed by atoms with van der Waals surface area (Å²) < 4.78 is 39.5. The Kier molecular flexibility index (Phi) is 5.98. The van der Waals surface area contributed by atoms with Crippen LogP contribution in [0.3, 0.4) is 0 Å². The Morgan fingerprint density at radius 1 is 1.04 bits per heavy atom. The summed E-state index contributed by atoms with van der Waals surface area (Å²) >= 11 is 0. The fourth-order valence-corrected chi connectivity index (χ4v) is 2.29. The quantitative estimate of drug-likeness (QED) is 0.834. The predicted molar refractivity (Wildman–Crippen MR) is 87.7 cm³/mol. The minimum Gasteiger partial charge on any atom is -0.325 e. The molecule has 2 rings (SSSR count). The molecule has 2 aromatic carbocycles. The molecule has 0 unspecified atom stereocenters. The summed E-state index contributed by atoms with van der Waals surface area (Å²) in [5.41, 5.74) is 1.75. The molecule has 0 aliphatic carbocycles. The van der Waals surface area contributed by atoms with E-state index >= 15 is 0 Å². The van der Waals surface area contributed by atoms with Crippen LogP contribution in [-0.4, -0.2) is 18.6 Å². The SMILES string of the molecule is CCc1ccc(NC(=O)CN[C@H](c2ccccc2)C(F)(F)F)cc1. The Morgan fingerprint density at radius 3 is 2.21 bits per heavy atom. The minimum absolute atomic E-state index is 0.0742. The van der Waals surface area contributed by atoms with Gasteiger partial charge in [0.25, 0.3) is 0 Å². The van der Waals surface area contributed by atoms with Crippen LogP contribution in [-0.2, 0) is 11.2 Å². The van der Waals surface area contributed by atoms with E-state index in [1.807, 2.05) is 19.1 Å². The second-order valence-electron chi connectivity index (χ2n) is 5.36. The van der Waals surface area contributed by atoms with Gasteiger partial charge in [-0.25, -0.2) is 0 Å². The van der Waals surface area contributed by atoms with Crippen molar-refractivity contribution in [2.75, 3.05) is 11.9 Å². The van der Waals surface area contributed by atoms with Crippen LogP contribution in [0.5, 0.6) is 0 Å². The van der Waals surface area contributed by atoms with Crippen LogP contribution in [0.2, 0.25) is 0 Å². The van der Waals surface area contributed by atoms with Gasteiger partial charge in [0.15, 0.2) is 0 Å². The van der Waals surface area contributed by atoms with Gasteiger partial charge in [-0.1, -0.05) is 49.4 Å².